The van der Waals surface area contributed by atoms with Gasteiger partial charge < -0.3 is 49.6 Å². The van der Waals surface area contributed by atoms with Crippen LogP contribution in [-0.4, -0.2) is 80.9 Å². The molecule has 14 heteroatoms. The lowest BCUT2D eigenvalue weighted by atomic mass is 10.1. The summed E-state index contributed by atoms with van der Waals surface area (Å²) in [5, 5.41) is 57.0. The van der Waals surface area contributed by atoms with Crippen molar-refractivity contribution in [2.24, 2.45) is 0 Å². The molecule has 0 heterocycles. The summed E-state index contributed by atoms with van der Waals surface area (Å²) in [5.74, 6) is -11.2. The van der Waals surface area contributed by atoms with Crippen molar-refractivity contribution in [1.29, 1.82) is 0 Å². The number of phenolic OH excluding ortho intramolecular Hbond substituents is 6. The third kappa shape index (κ3) is 5.29. The molecule has 0 aromatic heterocycles. The summed E-state index contributed by atoms with van der Waals surface area (Å²) < 4.78 is 18.7. The van der Waals surface area contributed by atoms with Gasteiger partial charge in [0.1, 0.15) is 0 Å². The van der Waals surface area contributed by atoms with Gasteiger partial charge in [0.05, 0.1) is 25.3 Å². The molecule has 2 aromatic rings. The van der Waals surface area contributed by atoms with E-state index in [1.54, 1.807) is 0 Å². The minimum Gasteiger partial charge on any atom is -0.504 e. The van der Waals surface area contributed by atoms with Gasteiger partial charge in [0, 0.05) is 0 Å². The summed E-state index contributed by atoms with van der Waals surface area (Å²) in [6, 6.07) is 2.69. The number of methoxy groups -OCH3 is 2. The third-order valence-corrected chi connectivity index (χ3v) is 4.22. The van der Waals surface area contributed by atoms with Crippen molar-refractivity contribution < 1.29 is 68.8 Å². The zero-order chi connectivity index (χ0) is 25.7. The van der Waals surface area contributed by atoms with E-state index in [1.807, 2.05) is 0 Å². The van der Waals surface area contributed by atoms with Crippen LogP contribution in [-0.2, 0) is 28.5 Å². The van der Waals surface area contributed by atoms with E-state index in [4.69, 9.17) is 9.47 Å². The van der Waals surface area contributed by atoms with Gasteiger partial charge in [-0.3, -0.25) is 0 Å². The Morgan fingerprint density at radius 1 is 0.588 bits per heavy atom. The number of carbonyl (C=O) groups excluding carboxylic acids is 4. The molecular formula is C20H18O14. The first-order chi connectivity index (χ1) is 15.9. The minimum atomic E-state index is -2.27. The third-order valence-electron chi connectivity index (χ3n) is 4.22. The Morgan fingerprint density at radius 2 is 0.853 bits per heavy atom. The highest BCUT2D eigenvalue weighted by Gasteiger charge is 2.42. The highest BCUT2D eigenvalue weighted by molar-refractivity contribution is 5.97. The van der Waals surface area contributed by atoms with Crippen molar-refractivity contribution in [3.05, 3.63) is 35.4 Å². The maximum Gasteiger partial charge on any atom is 0.351 e. The van der Waals surface area contributed by atoms with Crippen LogP contribution in [0.5, 0.6) is 34.5 Å². The van der Waals surface area contributed by atoms with Gasteiger partial charge in [-0.1, -0.05) is 0 Å². The molecule has 0 aliphatic carbocycles. The van der Waals surface area contributed by atoms with Gasteiger partial charge in [-0.15, -0.1) is 0 Å². The van der Waals surface area contributed by atoms with Crippen LogP contribution in [0.15, 0.2) is 24.3 Å². The van der Waals surface area contributed by atoms with E-state index in [-0.39, 0.29) is 0 Å². The molecule has 34 heavy (non-hydrogen) atoms. The molecule has 0 spiro atoms. The summed E-state index contributed by atoms with van der Waals surface area (Å²) in [4.78, 5) is 49.4. The second-order valence-electron chi connectivity index (χ2n) is 6.42. The smallest absolute Gasteiger partial charge is 0.351 e. The number of rotatable bonds is 7. The normalized spacial score (nSPS) is 12.2. The lowest BCUT2D eigenvalue weighted by Gasteiger charge is -2.23. The fraction of sp³-hybridized carbons (Fsp3) is 0.200. The standard InChI is InChI=1S/C20H18O14/c1-31-19(29)15(33-17(27)7-3-9(21)13(25)10(22)4-7)16(20(30)32-2)34-18(28)8-5-11(23)14(26)12(24)6-8/h3-6,15-16,21-26H,1-2H3/t15-,16-/m1/s1. The van der Waals surface area contributed by atoms with Crippen molar-refractivity contribution in [3.8, 4) is 34.5 Å². The molecule has 0 radical (unpaired) electrons. The first kappa shape index (κ1) is 25.4. The molecule has 2 atom stereocenters. The highest BCUT2D eigenvalue weighted by atomic mass is 16.6. The van der Waals surface area contributed by atoms with E-state index in [0.29, 0.717) is 24.3 Å². The van der Waals surface area contributed by atoms with Crippen LogP contribution in [0, 0.1) is 0 Å². The molecule has 0 unspecified atom stereocenters. The molecule has 2 aromatic carbocycles. The van der Waals surface area contributed by atoms with Gasteiger partial charge in [0.15, 0.2) is 34.5 Å². The zero-order valence-electron chi connectivity index (χ0n) is 17.4. The number of hydrogen-bond donors (Lipinski definition) is 6. The molecule has 0 fully saturated rings. The van der Waals surface area contributed by atoms with Crippen molar-refractivity contribution >= 4 is 23.9 Å². The van der Waals surface area contributed by atoms with Crippen LogP contribution < -0.4 is 0 Å². The number of phenols is 6. The number of ether oxygens (including phenoxy) is 4. The minimum absolute atomic E-state index is 0.579. The number of aromatic hydroxyl groups is 6. The Kier molecular flexibility index (Phi) is 7.58. The Labute approximate surface area is 189 Å². The Hall–Kier alpha value is -4.88. The van der Waals surface area contributed by atoms with Crippen LogP contribution >= 0.6 is 0 Å². The summed E-state index contributed by atoms with van der Waals surface area (Å²) in [5.41, 5.74) is -1.16. The highest BCUT2D eigenvalue weighted by Crippen LogP contribution is 2.36. The number of hydrogen-bond acceptors (Lipinski definition) is 14. The van der Waals surface area contributed by atoms with Gasteiger partial charge in [-0.25, -0.2) is 19.2 Å². The number of esters is 4. The van der Waals surface area contributed by atoms with Crippen LogP contribution in [0.3, 0.4) is 0 Å². The first-order valence-electron chi connectivity index (χ1n) is 8.98. The average Bonchev–Trinajstić information content (AvgIpc) is 2.80. The van der Waals surface area contributed by atoms with Crippen LogP contribution in [0.1, 0.15) is 20.7 Å². The molecule has 0 aliphatic heterocycles. The predicted octanol–water partition coefficient (Wildman–Crippen LogP) is 0.0172. The second-order valence-corrected chi connectivity index (χ2v) is 6.42. The molecule has 0 amide bonds. The first-order valence-corrected chi connectivity index (χ1v) is 8.98. The maximum absolute atomic E-state index is 12.5. The van der Waals surface area contributed by atoms with Crippen molar-refractivity contribution in [2.75, 3.05) is 14.2 Å². The lowest BCUT2D eigenvalue weighted by molar-refractivity contribution is -0.170. The van der Waals surface area contributed by atoms with E-state index < -0.39 is 81.7 Å². The van der Waals surface area contributed by atoms with Crippen molar-refractivity contribution in [3.63, 3.8) is 0 Å². The molecule has 0 aliphatic rings. The summed E-state index contributed by atoms with van der Waals surface area (Å²) in [6.45, 7) is 0. The summed E-state index contributed by atoms with van der Waals surface area (Å²) in [7, 11) is 1.71. The van der Waals surface area contributed by atoms with Crippen LogP contribution in [0.25, 0.3) is 0 Å². The van der Waals surface area contributed by atoms with Gasteiger partial charge in [-0.2, -0.15) is 0 Å². The van der Waals surface area contributed by atoms with E-state index >= 15 is 0 Å². The zero-order valence-corrected chi connectivity index (χ0v) is 17.4. The van der Waals surface area contributed by atoms with Gasteiger partial charge in [-0.05, 0) is 24.3 Å². The van der Waals surface area contributed by atoms with E-state index in [1.165, 1.54) is 0 Å². The molecule has 0 saturated heterocycles. The molecule has 182 valence electrons. The summed E-state index contributed by atoms with van der Waals surface area (Å²) >= 11 is 0. The average molecular weight is 482 g/mol. The van der Waals surface area contributed by atoms with E-state index in [0.717, 1.165) is 14.2 Å². The van der Waals surface area contributed by atoms with E-state index in [2.05, 4.69) is 9.47 Å². The van der Waals surface area contributed by atoms with Gasteiger partial charge in [0.2, 0.25) is 12.2 Å². The monoisotopic (exact) mass is 482 g/mol. The quantitative estimate of drug-likeness (QED) is 0.174. The molecule has 14 nitrogen and oxygen atoms in total. The summed E-state index contributed by atoms with van der Waals surface area (Å²) in [6.07, 6.45) is -4.54. The topological polar surface area (TPSA) is 227 Å². The Balaban J connectivity index is 2.41. The number of carbonyl (C=O) groups is 4. The molecule has 0 bridgehead atoms. The van der Waals surface area contributed by atoms with Crippen molar-refractivity contribution in [1.82, 2.24) is 0 Å². The second kappa shape index (κ2) is 10.2. The van der Waals surface area contributed by atoms with Crippen LogP contribution in [0.2, 0.25) is 0 Å². The largest absolute Gasteiger partial charge is 0.504 e. The fourth-order valence-corrected chi connectivity index (χ4v) is 2.51. The van der Waals surface area contributed by atoms with Gasteiger partial charge >= 0.3 is 23.9 Å². The van der Waals surface area contributed by atoms with Crippen molar-refractivity contribution in [2.45, 2.75) is 12.2 Å². The Morgan fingerprint density at radius 3 is 1.09 bits per heavy atom. The fourth-order valence-electron chi connectivity index (χ4n) is 2.51. The molecule has 6 N–H and O–H groups in total. The Bertz CT molecular complexity index is 1000. The molecular weight excluding hydrogens is 464 g/mol. The molecule has 0 saturated carbocycles. The molecule has 2 rings (SSSR count). The van der Waals surface area contributed by atoms with Crippen LogP contribution in [0.4, 0.5) is 0 Å². The SMILES string of the molecule is COC(=O)[C@H](OC(=O)c1cc(O)c(O)c(O)c1)[C@@H](OC(=O)c1cc(O)c(O)c(O)c1)C(=O)OC. The number of benzene rings is 2. The van der Waals surface area contributed by atoms with E-state index in [9.17, 15) is 49.8 Å². The van der Waals surface area contributed by atoms with Gasteiger partial charge in [0.25, 0.3) is 0 Å². The lowest BCUT2D eigenvalue weighted by Crippen LogP contribution is -2.47. The maximum atomic E-state index is 12.5. The predicted molar refractivity (Wildman–Crippen MR) is 105 cm³/mol.